The van der Waals surface area contributed by atoms with Crippen LogP contribution in [0.25, 0.3) is 0 Å². The van der Waals surface area contributed by atoms with E-state index in [1.54, 1.807) is 7.11 Å². The van der Waals surface area contributed by atoms with Crippen LogP contribution < -0.4 is 15.4 Å². The number of methoxy groups -OCH3 is 1. The summed E-state index contributed by atoms with van der Waals surface area (Å²) in [6.45, 7) is 5.19. The molecule has 1 unspecified atom stereocenters. The van der Waals surface area contributed by atoms with E-state index in [4.69, 9.17) is 4.74 Å². The molecule has 0 aliphatic heterocycles. The molecule has 0 heterocycles. The molecule has 1 aromatic carbocycles. The molecule has 90 valence electrons. The number of hydrogen-bond donors (Lipinski definition) is 2. The first-order chi connectivity index (χ1) is 7.69. The number of nitrogens with one attached hydrogen (secondary N) is 2. The van der Waals surface area contributed by atoms with Crippen LogP contribution in [0.4, 0.5) is 0 Å². The van der Waals surface area contributed by atoms with Crippen LogP contribution in [0.2, 0.25) is 0 Å². The molecule has 1 aromatic rings. The van der Waals surface area contributed by atoms with Gasteiger partial charge in [-0.25, -0.2) is 0 Å². The SMILES string of the molecule is CNC(CNC(C)C)c1ccccc1OC. The lowest BCUT2D eigenvalue weighted by atomic mass is 10.1. The molecule has 0 amide bonds. The third-order valence-electron chi connectivity index (χ3n) is 2.59. The summed E-state index contributed by atoms with van der Waals surface area (Å²) in [6.07, 6.45) is 0. The Morgan fingerprint density at radius 1 is 1.25 bits per heavy atom. The van der Waals surface area contributed by atoms with Crippen LogP contribution in [0.1, 0.15) is 25.5 Å². The van der Waals surface area contributed by atoms with Gasteiger partial charge in [-0.05, 0) is 13.1 Å². The van der Waals surface area contributed by atoms with E-state index in [0.717, 1.165) is 12.3 Å². The summed E-state index contributed by atoms with van der Waals surface area (Å²) in [6, 6.07) is 8.89. The van der Waals surface area contributed by atoms with Crippen LogP contribution >= 0.6 is 0 Å². The first-order valence-corrected chi connectivity index (χ1v) is 5.72. The standard InChI is InChI=1S/C13H22N2O/c1-10(2)15-9-12(14-3)11-7-5-6-8-13(11)16-4/h5-8,10,12,14-15H,9H2,1-4H3. The molecular weight excluding hydrogens is 200 g/mol. The van der Waals surface area contributed by atoms with Gasteiger partial charge >= 0.3 is 0 Å². The third-order valence-corrected chi connectivity index (χ3v) is 2.59. The smallest absolute Gasteiger partial charge is 0.123 e. The number of benzene rings is 1. The van der Waals surface area contributed by atoms with Gasteiger partial charge in [-0.2, -0.15) is 0 Å². The Kier molecular flexibility index (Phi) is 5.29. The molecule has 0 aromatic heterocycles. The summed E-state index contributed by atoms with van der Waals surface area (Å²) in [7, 11) is 3.68. The number of likely N-dealkylation sites (N-methyl/N-ethyl adjacent to an activating group) is 1. The van der Waals surface area contributed by atoms with E-state index in [9.17, 15) is 0 Å². The predicted molar refractivity (Wildman–Crippen MR) is 67.9 cm³/mol. The van der Waals surface area contributed by atoms with E-state index in [-0.39, 0.29) is 6.04 Å². The molecule has 3 heteroatoms. The molecule has 0 aliphatic carbocycles. The number of rotatable bonds is 6. The van der Waals surface area contributed by atoms with E-state index in [0.29, 0.717) is 6.04 Å². The zero-order valence-electron chi connectivity index (χ0n) is 10.6. The molecular formula is C13H22N2O. The van der Waals surface area contributed by atoms with E-state index in [1.807, 2.05) is 25.2 Å². The molecule has 0 fully saturated rings. The van der Waals surface area contributed by atoms with Gasteiger partial charge in [0.2, 0.25) is 0 Å². The summed E-state index contributed by atoms with van der Waals surface area (Å²) >= 11 is 0. The first kappa shape index (κ1) is 13.0. The Hall–Kier alpha value is -1.06. The second kappa shape index (κ2) is 6.51. The van der Waals surface area contributed by atoms with Crippen molar-refractivity contribution in [1.82, 2.24) is 10.6 Å². The molecule has 16 heavy (non-hydrogen) atoms. The summed E-state index contributed by atoms with van der Waals surface area (Å²) in [4.78, 5) is 0. The lowest BCUT2D eigenvalue weighted by molar-refractivity contribution is 0.396. The van der Waals surface area contributed by atoms with Gasteiger partial charge in [-0.15, -0.1) is 0 Å². The molecule has 0 saturated carbocycles. The van der Waals surface area contributed by atoms with Gasteiger partial charge in [0.25, 0.3) is 0 Å². The topological polar surface area (TPSA) is 33.3 Å². The second-order valence-corrected chi connectivity index (χ2v) is 4.15. The summed E-state index contributed by atoms with van der Waals surface area (Å²) in [5, 5.41) is 6.73. The minimum absolute atomic E-state index is 0.276. The van der Waals surface area contributed by atoms with Crippen molar-refractivity contribution in [3.63, 3.8) is 0 Å². The minimum Gasteiger partial charge on any atom is -0.496 e. The maximum Gasteiger partial charge on any atom is 0.123 e. The molecule has 1 atom stereocenters. The Balaban J connectivity index is 2.77. The normalized spacial score (nSPS) is 12.8. The van der Waals surface area contributed by atoms with Crippen LogP contribution in [0.3, 0.4) is 0 Å². The lowest BCUT2D eigenvalue weighted by Crippen LogP contribution is -2.33. The summed E-state index contributed by atoms with van der Waals surface area (Å²) < 4.78 is 5.37. The fourth-order valence-electron chi connectivity index (χ4n) is 1.68. The maximum atomic E-state index is 5.37. The van der Waals surface area contributed by atoms with Crippen LogP contribution in [-0.4, -0.2) is 26.7 Å². The van der Waals surface area contributed by atoms with Crippen molar-refractivity contribution >= 4 is 0 Å². The molecule has 0 radical (unpaired) electrons. The fraction of sp³-hybridized carbons (Fsp3) is 0.538. The van der Waals surface area contributed by atoms with Crippen molar-refractivity contribution < 1.29 is 4.74 Å². The van der Waals surface area contributed by atoms with E-state index in [2.05, 4.69) is 30.5 Å². The highest BCUT2D eigenvalue weighted by Gasteiger charge is 2.13. The van der Waals surface area contributed by atoms with Gasteiger partial charge in [0, 0.05) is 24.2 Å². The highest BCUT2D eigenvalue weighted by Crippen LogP contribution is 2.23. The van der Waals surface area contributed by atoms with Gasteiger partial charge in [0.05, 0.1) is 7.11 Å². The molecule has 2 N–H and O–H groups in total. The lowest BCUT2D eigenvalue weighted by Gasteiger charge is -2.21. The van der Waals surface area contributed by atoms with Crippen molar-refractivity contribution in [3.05, 3.63) is 29.8 Å². The Bertz CT molecular complexity index is 313. The van der Waals surface area contributed by atoms with Crippen LogP contribution in [0.5, 0.6) is 5.75 Å². The monoisotopic (exact) mass is 222 g/mol. The van der Waals surface area contributed by atoms with Gasteiger partial charge in [0.1, 0.15) is 5.75 Å². The van der Waals surface area contributed by atoms with Crippen LogP contribution in [0, 0.1) is 0 Å². The van der Waals surface area contributed by atoms with Crippen LogP contribution in [0.15, 0.2) is 24.3 Å². The maximum absolute atomic E-state index is 5.37. The van der Waals surface area contributed by atoms with Gasteiger partial charge in [-0.1, -0.05) is 32.0 Å². The average molecular weight is 222 g/mol. The number of para-hydroxylation sites is 1. The second-order valence-electron chi connectivity index (χ2n) is 4.15. The fourth-order valence-corrected chi connectivity index (χ4v) is 1.68. The number of ether oxygens (including phenoxy) is 1. The zero-order chi connectivity index (χ0) is 12.0. The van der Waals surface area contributed by atoms with Crippen molar-refractivity contribution in [1.29, 1.82) is 0 Å². The summed E-state index contributed by atoms with van der Waals surface area (Å²) in [5.74, 6) is 0.937. The quantitative estimate of drug-likeness (QED) is 0.772. The Morgan fingerprint density at radius 3 is 2.50 bits per heavy atom. The van der Waals surface area contributed by atoms with Gasteiger partial charge in [0.15, 0.2) is 0 Å². The van der Waals surface area contributed by atoms with E-state index in [1.165, 1.54) is 5.56 Å². The first-order valence-electron chi connectivity index (χ1n) is 5.72. The van der Waals surface area contributed by atoms with Gasteiger partial charge in [-0.3, -0.25) is 0 Å². The zero-order valence-corrected chi connectivity index (χ0v) is 10.6. The van der Waals surface area contributed by atoms with Gasteiger partial charge < -0.3 is 15.4 Å². The van der Waals surface area contributed by atoms with Crippen LogP contribution in [-0.2, 0) is 0 Å². The summed E-state index contributed by atoms with van der Waals surface area (Å²) in [5.41, 5.74) is 1.20. The Morgan fingerprint density at radius 2 is 1.94 bits per heavy atom. The molecule has 0 aliphatic rings. The number of hydrogen-bond acceptors (Lipinski definition) is 3. The largest absolute Gasteiger partial charge is 0.496 e. The molecule has 0 bridgehead atoms. The average Bonchev–Trinajstić information content (AvgIpc) is 2.30. The highest BCUT2D eigenvalue weighted by atomic mass is 16.5. The molecule has 0 spiro atoms. The molecule has 1 rings (SSSR count). The van der Waals surface area contributed by atoms with Crippen molar-refractivity contribution in [2.45, 2.75) is 25.9 Å². The van der Waals surface area contributed by atoms with E-state index < -0.39 is 0 Å². The minimum atomic E-state index is 0.276. The van der Waals surface area contributed by atoms with Crippen molar-refractivity contribution in [2.24, 2.45) is 0 Å². The predicted octanol–water partition coefficient (Wildman–Crippen LogP) is 1.95. The van der Waals surface area contributed by atoms with Crippen molar-refractivity contribution in [2.75, 3.05) is 20.7 Å². The highest BCUT2D eigenvalue weighted by molar-refractivity contribution is 5.36. The van der Waals surface area contributed by atoms with E-state index >= 15 is 0 Å². The molecule has 3 nitrogen and oxygen atoms in total. The third kappa shape index (κ3) is 3.51. The van der Waals surface area contributed by atoms with Crippen molar-refractivity contribution in [3.8, 4) is 5.75 Å². The molecule has 0 saturated heterocycles. The Labute approximate surface area is 98.2 Å².